The molecule has 0 aromatic carbocycles. The van der Waals surface area contributed by atoms with Gasteiger partial charge in [-0.1, -0.05) is 0 Å². The van der Waals surface area contributed by atoms with E-state index in [9.17, 15) is 26.2 Å². The number of rotatable bonds is 5. The molecule has 1 amide bonds. The highest BCUT2D eigenvalue weighted by atomic mass is 32.2. The van der Waals surface area contributed by atoms with Gasteiger partial charge >= 0.3 is 0 Å². The fraction of sp³-hybridized carbons (Fsp3) is 0.923. The third-order valence-corrected chi connectivity index (χ3v) is 8.31. The lowest BCUT2D eigenvalue weighted by Crippen LogP contribution is -2.58. The molecular weight excluding hydrogens is 360 g/mol. The molecule has 2 aliphatic rings. The summed E-state index contributed by atoms with van der Waals surface area (Å²) in [6.07, 6.45) is 0.123. The molecule has 24 heavy (non-hydrogen) atoms. The van der Waals surface area contributed by atoms with Crippen LogP contribution in [0.25, 0.3) is 0 Å². The summed E-state index contributed by atoms with van der Waals surface area (Å²) >= 11 is 0. The first-order chi connectivity index (χ1) is 10.9. The van der Waals surface area contributed by atoms with Crippen molar-refractivity contribution in [2.75, 3.05) is 51.4 Å². The van der Waals surface area contributed by atoms with E-state index in [1.165, 1.54) is 6.92 Å². The SMILES string of the molecule is C[C@@]1(NC(=O)CC[N+]2(C)CCOCC2)CS(=O)(=O)C[C@@H]1S(=O)(=O)[O-]. The number of amides is 1. The minimum absolute atomic E-state index is 0.123. The number of likely N-dealkylation sites (N-methyl/N-ethyl adjacent to an activating group) is 1. The zero-order valence-electron chi connectivity index (χ0n) is 13.9. The first kappa shape index (κ1) is 19.6. The van der Waals surface area contributed by atoms with Crippen LogP contribution >= 0.6 is 0 Å². The first-order valence-corrected chi connectivity index (χ1v) is 11.0. The number of carbonyl (C=O) groups is 1. The Labute approximate surface area is 142 Å². The van der Waals surface area contributed by atoms with E-state index in [0.717, 1.165) is 13.1 Å². The molecule has 2 atom stereocenters. The summed E-state index contributed by atoms with van der Waals surface area (Å²) in [6.45, 7) is 4.62. The van der Waals surface area contributed by atoms with Crippen molar-refractivity contribution < 1.29 is 35.4 Å². The van der Waals surface area contributed by atoms with Gasteiger partial charge in [-0.25, -0.2) is 16.8 Å². The molecule has 2 saturated heterocycles. The number of hydrogen-bond donors (Lipinski definition) is 1. The van der Waals surface area contributed by atoms with E-state index in [0.29, 0.717) is 24.2 Å². The maximum Gasteiger partial charge on any atom is 0.226 e. The summed E-state index contributed by atoms with van der Waals surface area (Å²) in [6, 6.07) is 0. The molecular formula is C13H24N2O7S2. The van der Waals surface area contributed by atoms with Crippen LogP contribution in [0.1, 0.15) is 13.3 Å². The standard InChI is InChI=1S/C13H24N2O7S2/c1-13(10-23(17,18)9-11(13)24(19,20)21)14-12(16)3-4-15(2)5-7-22-8-6-15/h11H,3-10H2,1-2H3,(H-,14,16,19,20,21)/t11-,13+/m0/s1. The average molecular weight is 384 g/mol. The highest BCUT2D eigenvalue weighted by molar-refractivity contribution is 7.94. The van der Waals surface area contributed by atoms with Gasteiger partial charge < -0.3 is 19.1 Å². The molecule has 0 aliphatic carbocycles. The average Bonchev–Trinajstić information content (AvgIpc) is 2.67. The lowest BCUT2D eigenvalue weighted by molar-refractivity contribution is -0.916. The Hall–Kier alpha value is -0.750. The second-order valence-electron chi connectivity index (χ2n) is 7.15. The number of ether oxygens (including phenoxy) is 1. The van der Waals surface area contributed by atoms with Gasteiger partial charge in [-0.2, -0.15) is 0 Å². The third-order valence-electron chi connectivity index (χ3n) is 4.84. The van der Waals surface area contributed by atoms with Gasteiger partial charge in [-0.3, -0.25) is 4.79 Å². The van der Waals surface area contributed by atoms with Crippen molar-refractivity contribution in [3.63, 3.8) is 0 Å². The quantitative estimate of drug-likeness (QED) is 0.431. The minimum atomic E-state index is -4.84. The van der Waals surface area contributed by atoms with Crippen molar-refractivity contribution in [2.24, 2.45) is 0 Å². The van der Waals surface area contributed by atoms with Crippen LogP contribution in [-0.2, 0) is 29.5 Å². The van der Waals surface area contributed by atoms with Crippen LogP contribution in [-0.4, -0.2) is 94.0 Å². The van der Waals surface area contributed by atoms with Gasteiger partial charge in [0.05, 0.1) is 55.5 Å². The molecule has 2 aliphatic heterocycles. The van der Waals surface area contributed by atoms with E-state index in [1.807, 2.05) is 7.05 Å². The number of quaternary nitrogens is 1. The lowest BCUT2D eigenvalue weighted by Gasteiger charge is -2.38. The van der Waals surface area contributed by atoms with Crippen LogP contribution in [0.4, 0.5) is 0 Å². The minimum Gasteiger partial charge on any atom is -0.748 e. The predicted molar refractivity (Wildman–Crippen MR) is 84.9 cm³/mol. The Morgan fingerprint density at radius 2 is 1.96 bits per heavy atom. The monoisotopic (exact) mass is 384 g/mol. The Kier molecular flexibility index (Phi) is 5.32. The fourth-order valence-electron chi connectivity index (χ4n) is 3.30. The maximum atomic E-state index is 12.2. The molecule has 140 valence electrons. The van der Waals surface area contributed by atoms with Crippen LogP contribution in [0.2, 0.25) is 0 Å². The Bertz CT molecular complexity index is 698. The molecule has 0 aromatic heterocycles. The number of hydrogen-bond acceptors (Lipinski definition) is 7. The van der Waals surface area contributed by atoms with Crippen molar-refractivity contribution in [1.82, 2.24) is 5.32 Å². The van der Waals surface area contributed by atoms with Crippen molar-refractivity contribution in [2.45, 2.75) is 24.1 Å². The lowest BCUT2D eigenvalue weighted by atomic mass is 10.0. The highest BCUT2D eigenvalue weighted by Gasteiger charge is 2.51. The van der Waals surface area contributed by atoms with Gasteiger partial charge in [-0.15, -0.1) is 0 Å². The van der Waals surface area contributed by atoms with E-state index in [1.54, 1.807) is 0 Å². The Balaban J connectivity index is 2.03. The van der Waals surface area contributed by atoms with E-state index < -0.39 is 48.2 Å². The van der Waals surface area contributed by atoms with E-state index in [2.05, 4.69) is 5.32 Å². The highest BCUT2D eigenvalue weighted by Crippen LogP contribution is 2.29. The van der Waals surface area contributed by atoms with Crippen LogP contribution < -0.4 is 5.32 Å². The second kappa shape index (κ2) is 6.52. The summed E-state index contributed by atoms with van der Waals surface area (Å²) in [7, 11) is -6.53. The molecule has 0 saturated carbocycles. The summed E-state index contributed by atoms with van der Waals surface area (Å²) in [5.74, 6) is -1.74. The molecule has 2 heterocycles. The number of carbonyl (C=O) groups excluding carboxylic acids is 1. The third kappa shape index (κ3) is 4.66. The Morgan fingerprint density at radius 3 is 2.50 bits per heavy atom. The second-order valence-corrected chi connectivity index (χ2v) is 10.8. The number of sulfone groups is 1. The largest absolute Gasteiger partial charge is 0.748 e. The van der Waals surface area contributed by atoms with Gasteiger partial charge in [0.2, 0.25) is 5.91 Å². The molecule has 0 radical (unpaired) electrons. The molecule has 1 N–H and O–H groups in total. The zero-order chi connectivity index (χ0) is 18.2. The maximum absolute atomic E-state index is 12.2. The van der Waals surface area contributed by atoms with Crippen LogP contribution in [0.5, 0.6) is 0 Å². The molecule has 11 heteroatoms. The molecule has 0 aromatic rings. The van der Waals surface area contributed by atoms with Crippen LogP contribution in [0.15, 0.2) is 0 Å². The van der Waals surface area contributed by atoms with E-state index in [-0.39, 0.29) is 6.42 Å². The molecule has 2 fully saturated rings. The van der Waals surface area contributed by atoms with Crippen LogP contribution in [0.3, 0.4) is 0 Å². The number of nitrogens with zero attached hydrogens (tertiary/aromatic N) is 1. The molecule has 9 nitrogen and oxygen atoms in total. The van der Waals surface area contributed by atoms with E-state index >= 15 is 0 Å². The normalized spacial score (nSPS) is 32.4. The van der Waals surface area contributed by atoms with Crippen molar-refractivity contribution in [1.29, 1.82) is 0 Å². The predicted octanol–water partition coefficient (Wildman–Crippen LogP) is -1.93. The van der Waals surface area contributed by atoms with Crippen molar-refractivity contribution in [3.05, 3.63) is 0 Å². The Morgan fingerprint density at radius 1 is 1.38 bits per heavy atom. The summed E-state index contributed by atoms with van der Waals surface area (Å²) in [5, 5.41) is 0.826. The van der Waals surface area contributed by atoms with E-state index in [4.69, 9.17) is 4.74 Å². The smallest absolute Gasteiger partial charge is 0.226 e. The fourth-order valence-corrected chi connectivity index (χ4v) is 7.61. The number of morpholine rings is 1. The summed E-state index contributed by atoms with van der Waals surface area (Å²) < 4.78 is 63.6. The first-order valence-electron chi connectivity index (χ1n) is 7.73. The zero-order valence-corrected chi connectivity index (χ0v) is 15.5. The van der Waals surface area contributed by atoms with Crippen molar-refractivity contribution >= 4 is 25.9 Å². The molecule has 2 rings (SSSR count). The van der Waals surface area contributed by atoms with Crippen molar-refractivity contribution in [3.8, 4) is 0 Å². The molecule has 0 unspecified atom stereocenters. The summed E-state index contributed by atoms with van der Waals surface area (Å²) in [5.41, 5.74) is -1.58. The van der Waals surface area contributed by atoms with Crippen LogP contribution in [0, 0.1) is 0 Å². The topological polar surface area (TPSA) is 130 Å². The molecule has 0 spiro atoms. The van der Waals surface area contributed by atoms with Gasteiger partial charge in [0.15, 0.2) is 9.84 Å². The van der Waals surface area contributed by atoms with Gasteiger partial charge in [0.1, 0.15) is 23.2 Å². The number of nitrogens with one attached hydrogen (secondary N) is 1. The summed E-state index contributed by atoms with van der Waals surface area (Å²) in [4.78, 5) is 12.2. The van der Waals surface area contributed by atoms with Gasteiger partial charge in [0, 0.05) is 0 Å². The van der Waals surface area contributed by atoms with Gasteiger partial charge in [0.25, 0.3) is 0 Å². The molecule has 0 bridgehead atoms. The van der Waals surface area contributed by atoms with Gasteiger partial charge in [-0.05, 0) is 6.92 Å².